The molecule has 1 aromatic rings. The Kier molecular flexibility index (Phi) is 6.10. The average Bonchev–Trinajstić information content (AvgIpc) is 2.33. The largest absolute Gasteiger partial charge is 0.573 e. The van der Waals surface area contributed by atoms with Crippen molar-refractivity contribution in [2.45, 2.75) is 32.9 Å². The number of carbonyl (C=O) groups excluding carboxylic acids is 1. The summed E-state index contributed by atoms with van der Waals surface area (Å²) in [6.07, 6.45) is -5.59. The molecule has 0 aromatic heterocycles. The zero-order valence-electron chi connectivity index (χ0n) is 13.3. The van der Waals surface area contributed by atoms with Gasteiger partial charge in [0.25, 0.3) is 0 Å². The van der Waals surface area contributed by atoms with Crippen molar-refractivity contribution in [3.63, 3.8) is 0 Å². The number of anilines is 1. The molecule has 0 aliphatic carbocycles. The molecule has 0 saturated heterocycles. The van der Waals surface area contributed by atoms with Gasteiger partial charge in [0.05, 0.1) is 6.61 Å². The highest BCUT2D eigenvalue weighted by Crippen LogP contribution is 2.27. The van der Waals surface area contributed by atoms with Gasteiger partial charge in [0.1, 0.15) is 13.8 Å². The molecule has 1 rings (SSSR count). The van der Waals surface area contributed by atoms with E-state index in [-0.39, 0.29) is 12.3 Å². The first-order chi connectivity index (χ1) is 10.5. The van der Waals surface area contributed by atoms with E-state index < -0.39 is 26.3 Å². The molecule has 4 nitrogen and oxygen atoms in total. The number of amides is 1. The van der Waals surface area contributed by atoms with E-state index in [4.69, 9.17) is 4.74 Å². The van der Waals surface area contributed by atoms with Gasteiger partial charge < -0.3 is 9.47 Å². The lowest BCUT2D eigenvalue weighted by atomic mass is 10.2. The number of halogens is 3. The minimum Gasteiger partial charge on any atom is -0.450 e. The van der Waals surface area contributed by atoms with Crippen LogP contribution in [0.5, 0.6) is 5.75 Å². The predicted molar refractivity (Wildman–Crippen MR) is 84.0 cm³/mol. The Bertz CT molecular complexity index is 628. The number of hydrogen-bond acceptors (Lipinski definition) is 3. The second kappa shape index (κ2) is 7.42. The van der Waals surface area contributed by atoms with Gasteiger partial charge in [0.2, 0.25) is 0 Å². The van der Waals surface area contributed by atoms with E-state index in [0.29, 0.717) is 5.56 Å². The lowest BCUT2D eigenvalue weighted by Gasteiger charge is -2.12. The molecule has 126 valence electrons. The highest BCUT2D eigenvalue weighted by Gasteiger charge is 2.31. The van der Waals surface area contributed by atoms with Crippen molar-refractivity contribution in [1.82, 2.24) is 0 Å². The molecule has 0 aliphatic rings. The van der Waals surface area contributed by atoms with Gasteiger partial charge in [-0.3, -0.25) is 5.32 Å². The fraction of sp³-hybridized carbons (Fsp3) is 0.400. The summed E-state index contributed by atoms with van der Waals surface area (Å²) >= 11 is 0. The molecule has 0 spiro atoms. The van der Waals surface area contributed by atoms with Crippen LogP contribution in [0.15, 0.2) is 18.2 Å². The van der Waals surface area contributed by atoms with E-state index >= 15 is 0 Å². The van der Waals surface area contributed by atoms with Crippen LogP contribution in [0.3, 0.4) is 0 Å². The summed E-state index contributed by atoms with van der Waals surface area (Å²) in [5, 5.41) is 2.34. The van der Waals surface area contributed by atoms with Crippen molar-refractivity contribution in [3.8, 4) is 17.2 Å². The van der Waals surface area contributed by atoms with Gasteiger partial charge in [0, 0.05) is 17.3 Å². The second-order valence-corrected chi connectivity index (χ2v) is 10.4. The van der Waals surface area contributed by atoms with E-state index in [2.05, 4.69) is 21.5 Å². The van der Waals surface area contributed by atoms with Gasteiger partial charge >= 0.3 is 12.5 Å². The lowest BCUT2D eigenvalue weighted by molar-refractivity contribution is -0.274. The number of carbonyl (C=O) groups is 1. The van der Waals surface area contributed by atoms with E-state index in [0.717, 1.165) is 6.07 Å². The van der Waals surface area contributed by atoms with Gasteiger partial charge in [0.15, 0.2) is 0 Å². The highest BCUT2D eigenvalue weighted by atomic mass is 28.3. The Morgan fingerprint density at radius 3 is 2.43 bits per heavy atom. The van der Waals surface area contributed by atoms with Crippen molar-refractivity contribution < 1.29 is 27.4 Å². The minimum absolute atomic E-state index is 0.116. The molecule has 1 amide bonds. The van der Waals surface area contributed by atoms with Crippen LogP contribution in [0.1, 0.15) is 12.5 Å². The fourth-order valence-electron chi connectivity index (χ4n) is 1.48. The molecular formula is C15H18F3NO3Si. The van der Waals surface area contributed by atoms with Crippen molar-refractivity contribution >= 4 is 19.9 Å². The molecule has 0 atom stereocenters. The average molecular weight is 345 g/mol. The Morgan fingerprint density at radius 1 is 1.26 bits per heavy atom. The Morgan fingerprint density at radius 2 is 1.91 bits per heavy atom. The lowest BCUT2D eigenvalue weighted by Crippen LogP contribution is -2.18. The number of alkyl halides is 3. The molecule has 0 fully saturated rings. The predicted octanol–water partition coefficient (Wildman–Crippen LogP) is 4.38. The molecule has 0 heterocycles. The second-order valence-electron chi connectivity index (χ2n) is 5.64. The van der Waals surface area contributed by atoms with E-state index in [1.165, 1.54) is 12.1 Å². The topological polar surface area (TPSA) is 47.6 Å². The molecule has 23 heavy (non-hydrogen) atoms. The van der Waals surface area contributed by atoms with E-state index in [1.54, 1.807) is 6.92 Å². The van der Waals surface area contributed by atoms with Crippen LogP contribution < -0.4 is 10.1 Å². The van der Waals surface area contributed by atoms with Crippen LogP contribution in [0.25, 0.3) is 0 Å². The third-order valence-corrected chi connectivity index (χ3v) is 3.12. The molecule has 0 saturated carbocycles. The quantitative estimate of drug-likeness (QED) is 0.653. The zero-order chi connectivity index (χ0) is 17.7. The molecule has 1 N–H and O–H groups in total. The van der Waals surface area contributed by atoms with E-state index in [9.17, 15) is 18.0 Å². The number of rotatable bonds is 3. The molecule has 0 radical (unpaired) electrons. The number of nitrogens with one attached hydrogen (secondary N) is 1. The summed E-state index contributed by atoms with van der Waals surface area (Å²) in [5.74, 6) is 2.38. The van der Waals surface area contributed by atoms with Crippen LogP contribution >= 0.6 is 0 Å². The third kappa shape index (κ3) is 8.16. The minimum atomic E-state index is -4.83. The molecule has 0 aliphatic heterocycles. The maximum Gasteiger partial charge on any atom is 0.573 e. The van der Waals surface area contributed by atoms with Gasteiger partial charge in [-0.05, 0) is 19.1 Å². The maximum absolute atomic E-state index is 12.4. The van der Waals surface area contributed by atoms with Crippen LogP contribution in [0, 0.1) is 11.5 Å². The van der Waals surface area contributed by atoms with Gasteiger partial charge in [-0.25, -0.2) is 4.79 Å². The summed E-state index contributed by atoms with van der Waals surface area (Å²) in [5.41, 5.74) is 3.48. The third-order valence-electron chi connectivity index (χ3n) is 2.24. The smallest absolute Gasteiger partial charge is 0.450 e. The first-order valence-electron chi connectivity index (χ1n) is 6.86. The Hall–Kier alpha value is -2.14. The van der Waals surface area contributed by atoms with Crippen molar-refractivity contribution in [2.75, 3.05) is 11.9 Å². The van der Waals surface area contributed by atoms with Gasteiger partial charge in [-0.1, -0.05) is 25.6 Å². The zero-order valence-corrected chi connectivity index (χ0v) is 14.3. The summed E-state index contributed by atoms with van der Waals surface area (Å²) in [6.45, 7) is 7.79. The van der Waals surface area contributed by atoms with Crippen molar-refractivity contribution in [2.24, 2.45) is 0 Å². The molecule has 0 bridgehead atoms. The molecular weight excluding hydrogens is 327 g/mol. The highest BCUT2D eigenvalue weighted by molar-refractivity contribution is 6.83. The van der Waals surface area contributed by atoms with Crippen molar-refractivity contribution in [3.05, 3.63) is 23.8 Å². The summed E-state index contributed by atoms with van der Waals surface area (Å²) < 4.78 is 45.8. The Balaban J connectivity index is 3.15. The number of hydrogen-bond donors (Lipinski definition) is 1. The van der Waals surface area contributed by atoms with Gasteiger partial charge in [-0.2, -0.15) is 0 Å². The SMILES string of the molecule is CCOC(=O)Nc1cc(C#C[Si](C)(C)C)cc(OC(F)(F)F)c1. The molecule has 0 unspecified atom stereocenters. The first kappa shape index (κ1) is 18.9. The monoisotopic (exact) mass is 345 g/mol. The van der Waals surface area contributed by atoms with Crippen LogP contribution in [-0.2, 0) is 4.74 Å². The first-order valence-corrected chi connectivity index (χ1v) is 10.4. The van der Waals surface area contributed by atoms with Crippen molar-refractivity contribution in [1.29, 1.82) is 0 Å². The summed E-state index contributed by atoms with van der Waals surface area (Å²) in [6, 6.07) is 3.70. The molecule has 1 aromatic carbocycles. The summed E-state index contributed by atoms with van der Waals surface area (Å²) in [4.78, 5) is 11.4. The molecule has 8 heteroatoms. The standard InChI is InChI=1S/C15H18F3NO3Si/c1-5-21-14(20)19-12-8-11(6-7-23(2,3)4)9-13(10-12)22-15(16,17)18/h8-10H,5H2,1-4H3,(H,19,20). The van der Waals surface area contributed by atoms with E-state index in [1.807, 2.05) is 19.6 Å². The van der Waals surface area contributed by atoms with Crippen LogP contribution in [0.4, 0.5) is 23.7 Å². The Labute approximate surface area is 134 Å². The van der Waals surface area contributed by atoms with Gasteiger partial charge in [-0.15, -0.1) is 18.7 Å². The van der Waals surface area contributed by atoms with Crippen LogP contribution in [0.2, 0.25) is 19.6 Å². The number of ether oxygens (including phenoxy) is 2. The fourth-order valence-corrected chi connectivity index (χ4v) is 2.00. The summed E-state index contributed by atoms with van der Waals surface area (Å²) in [7, 11) is -1.70. The maximum atomic E-state index is 12.4. The normalized spacial score (nSPS) is 11.3. The number of benzene rings is 1. The van der Waals surface area contributed by atoms with Crippen LogP contribution in [-0.4, -0.2) is 27.1 Å².